The average molecular weight is 384 g/mol. The quantitative estimate of drug-likeness (QED) is 0.763. The molecule has 1 aliphatic rings. The Bertz CT molecular complexity index is 891. The van der Waals surface area contributed by atoms with Crippen LogP contribution in [0.2, 0.25) is 0 Å². The van der Waals surface area contributed by atoms with Gasteiger partial charge in [-0.25, -0.2) is 4.99 Å². The second-order valence-corrected chi connectivity index (χ2v) is 6.55. The predicted molar refractivity (Wildman–Crippen MR) is 108 cm³/mol. The lowest BCUT2D eigenvalue weighted by Crippen LogP contribution is -2.19. The molecule has 0 atom stereocenters. The Morgan fingerprint density at radius 1 is 1.07 bits per heavy atom. The van der Waals surface area contributed by atoms with E-state index < -0.39 is 0 Å². The summed E-state index contributed by atoms with van der Waals surface area (Å²) in [6.07, 6.45) is 1.79. The monoisotopic (exact) mass is 384 g/mol. The summed E-state index contributed by atoms with van der Waals surface area (Å²) in [5, 5.41) is 3.32. The van der Waals surface area contributed by atoms with Crippen molar-refractivity contribution in [2.45, 2.75) is 6.92 Å². The number of methoxy groups -OCH3 is 2. The molecule has 1 heterocycles. The molecule has 0 saturated carbocycles. The van der Waals surface area contributed by atoms with Gasteiger partial charge in [-0.15, -0.1) is 0 Å². The van der Waals surface area contributed by atoms with E-state index in [1.165, 1.54) is 11.8 Å². The third-order valence-electron chi connectivity index (χ3n) is 3.73. The number of rotatable bonds is 6. The summed E-state index contributed by atoms with van der Waals surface area (Å²) in [5.41, 5.74) is 1.58. The Labute approximate surface area is 162 Å². The summed E-state index contributed by atoms with van der Waals surface area (Å²) in [5.74, 6) is 1.86. The molecule has 2 aromatic rings. The molecule has 0 unspecified atom stereocenters. The fraction of sp³-hybridized carbons (Fsp3) is 0.200. The van der Waals surface area contributed by atoms with Gasteiger partial charge in [0, 0.05) is 0 Å². The van der Waals surface area contributed by atoms with Gasteiger partial charge in [-0.1, -0.05) is 6.07 Å². The van der Waals surface area contributed by atoms with Gasteiger partial charge in [0.1, 0.15) is 5.75 Å². The molecule has 1 N–H and O–H groups in total. The first-order chi connectivity index (χ1) is 13.1. The third-order valence-corrected chi connectivity index (χ3v) is 4.64. The highest BCUT2D eigenvalue weighted by Crippen LogP contribution is 2.32. The molecule has 140 valence electrons. The van der Waals surface area contributed by atoms with Crippen LogP contribution in [0.1, 0.15) is 12.5 Å². The maximum Gasteiger partial charge on any atom is 0.264 e. The molecule has 6 nitrogen and oxygen atoms in total. The molecule has 1 saturated heterocycles. The molecular formula is C20H20N2O4S. The lowest BCUT2D eigenvalue weighted by atomic mass is 10.2. The largest absolute Gasteiger partial charge is 0.494 e. The zero-order valence-electron chi connectivity index (χ0n) is 15.3. The fourth-order valence-electron chi connectivity index (χ4n) is 2.48. The molecule has 0 aromatic heterocycles. The number of thioether (sulfide) groups is 1. The van der Waals surface area contributed by atoms with Crippen LogP contribution in [0.5, 0.6) is 17.2 Å². The van der Waals surface area contributed by atoms with Gasteiger partial charge < -0.3 is 19.5 Å². The summed E-state index contributed by atoms with van der Waals surface area (Å²) in [6, 6.07) is 12.9. The summed E-state index contributed by atoms with van der Waals surface area (Å²) in [6.45, 7) is 2.55. The minimum atomic E-state index is -0.181. The Morgan fingerprint density at radius 3 is 2.48 bits per heavy atom. The van der Waals surface area contributed by atoms with Crippen molar-refractivity contribution in [3.05, 3.63) is 52.9 Å². The highest BCUT2D eigenvalue weighted by Gasteiger charge is 2.24. The van der Waals surface area contributed by atoms with Crippen LogP contribution in [0.25, 0.3) is 6.08 Å². The van der Waals surface area contributed by atoms with Crippen LogP contribution >= 0.6 is 11.8 Å². The molecule has 27 heavy (non-hydrogen) atoms. The second-order valence-electron chi connectivity index (χ2n) is 5.52. The second kappa shape index (κ2) is 8.64. The van der Waals surface area contributed by atoms with Crippen LogP contribution in [0.15, 0.2) is 52.4 Å². The Morgan fingerprint density at radius 2 is 1.81 bits per heavy atom. The van der Waals surface area contributed by atoms with Crippen LogP contribution < -0.4 is 19.5 Å². The Balaban J connectivity index is 1.77. The van der Waals surface area contributed by atoms with Gasteiger partial charge in [-0.05, 0) is 66.7 Å². The van der Waals surface area contributed by atoms with E-state index in [4.69, 9.17) is 14.2 Å². The minimum Gasteiger partial charge on any atom is -0.494 e. The molecule has 0 spiro atoms. The number of nitrogens with zero attached hydrogens (tertiary/aromatic N) is 1. The van der Waals surface area contributed by atoms with Crippen molar-refractivity contribution in [3.63, 3.8) is 0 Å². The summed E-state index contributed by atoms with van der Waals surface area (Å²) in [4.78, 5) is 17.3. The zero-order valence-corrected chi connectivity index (χ0v) is 16.1. The molecular weight excluding hydrogens is 364 g/mol. The minimum absolute atomic E-state index is 0.181. The predicted octanol–water partition coefficient (Wildman–Crippen LogP) is 3.99. The van der Waals surface area contributed by atoms with Crippen LogP contribution in [-0.2, 0) is 4.79 Å². The van der Waals surface area contributed by atoms with Gasteiger partial charge in [-0.3, -0.25) is 4.79 Å². The number of aliphatic imine (C=N–C) groups is 1. The van der Waals surface area contributed by atoms with Gasteiger partial charge in [0.15, 0.2) is 16.7 Å². The topological polar surface area (TPSA) is 69.2 Å². The molecule has 0 radical (unpaired) electrons. The number of amides is 1. The van der Waals surface area contributed by atoms with Crippen LogP contribution in [0, 0.1) is 0 Å². The molecule has 0 aliphatic carbocycles. The standard InChI is InChI=1S/C20H20N2O4S/c1-4-26-15-8-6-14(7-9-15)21-20-22-19(23)18(27-20)12-13-5-10-16(24-2)17(11-13)25-3/h5-12H,4H2,1-3H3,(H,21,22,23)/b18-12+. The molecule has 3 rings (SSSR count). The molecule has 1 aliphatic heterocycles. The van der Waals surface area contributed by atoms with Crippen molar-refractivity contribution < 1.29 is 19.0 Å². The van der Waals surface area contributed by atoms with E-state index in [9.17, 15) is 4.79 Å². The number of ether oxygens (including phenoxy) is 3. The Hall–Kier alpha value is -2.93. The number of amidine groups is 1. The highest BCUT2D eigenvalue weighted by atomic mass is 32.2. The van der Waals surface area contributed by atoms with Crippen molar-refractivity contribution in [3.8, 4) is 17.2 Å². The van der Waals surface area contributed by atoms with E-state index in [1.54, 1.807) is 26.4 Å². The van der Waals surface area contributed by atoms with Crippen LogP contribution in [-0.4, -0.2) is 31.9 Å². The van der Waals surface area contributed by atoms with Crippen molar-refractivity contribution in [1.82, 2.24) is 5.32 Å². The van der Waals surface area contributed by atoms with E-state index in [0.717, 1.165) is 17.0 Å². The number of hydrogen-bond acceptors (Lipinski definition) is 6. The third kappa shape index (κ3) is 4.62. The highest BCUT2D eigenvalue weighted by molar-refractivity contribution is 8.18. The van der Waals surface area contributed by atoms with Crippen LogP contribution in [0.4, 0.5) is 5.69 Å². The Kier molecular flexibility index (Phi) is 6.03. The molecule has 0 bridgehead atoms. The van der Waals surface area contributed by atoms with E-state index in [0.29, 0.717) is 28.2 Å². The first-order valence-electron chi connectivity index (χ1n) is 8.37. The number of carbonyl (C=O) groups excluding carboxylic acids is 1. The number of carbonyl (C=O) groups is 1. The first-order valence-corrected chi connectivity index (χ1v) is 9.19. The van der Waals surface area contributed by atoms with E-state index in [1.807, 2.05) is 43.3 Å². The molecule has 1 amide bonds. The fourth-order valence-corrected chi connectivity index (χ4v) is 3.32. The zero-order chi connectivity index (χ0) is 19.2. The van der Waals surface area contributed by atoms with Gasteiger partial charge in [0.25, 0.3) is 5.91 Å². The number of hydrogen-bond donors (Lipinski definition) is 1. The summed E-state index contributed by atoms with van der Waals surface area (Å²) >= 11 is 1.29. The summed E-state index contributed by atoms with van der Waals surface area (Å²) < 4.78 is 15.9. The number of benzene rings is 2. The van der Waals surface area contributed by atoms with E-state index in [-0.39, 0.29) is 5.91 Å². The summed E-state index contributed by atoms with van der Waals surface area (Å²) in [7, 11) is 3.16. The van der Waals surface area contributed by atoms with Gasteiger partial charge in [0.2, 0.25) is 0 Å². The number of nitrogens with one attached hydrogen (secondary N) is 1. The van der Waals surface area contributed by atoms with Crippen LogP contribution in [0.3, 0.4) is 0 Å². The van der Waals surface area contributed by atoms with Crippen molar-refractivity contribution in [2.24, 2.45) is 4.99 Å². The van der Waals surface area contributed by atoms with Gasteiger partial charge in [0.05, 0.1) is 31.4 Å². The average Bonchev–Trinajstić information content (AvgIpc) is 3.02. The van der Waals surface area contributed by atoms with Crippen molar-refractivity contribution in [2.75, 3.05) is 20.8 Å². The lowest BCUT2D eigenvalue weighted by molar-refractivity contribution is -0.115. The van der Waals surface area contributed by atoms with E-state index >= 15 is 0 Å². The maximum atomic E-state index is 12.2. The molecule has 1 fully saturated rings. The first kappa shape index (κ1) is 18.8. The lowest BCUT2D eigenvalue weighted by Gasteiger charge is -2.07. The van der Waals surface area contributed by atoms with Crippen molar-refractivity contribution in [1.29, 1.82) is 0 Å². The molecule has 2 aromatic carbocycles. The van der Waals surface area contributed by atoms with Gasteiger partial charge in [-0.2, -0.15) is 0 Å². The van der Waals surface area contributed by atoms with Crippen molar-refractivity contribution >= 4 is 34.6 Å². The normalized spacial score (nSPS) is 16.5. The maximum absolute atomic E-state index is 12.2. The SMILES string of the molecule is CCOc1ccc(N=C2NC(=O)/C(=C\c3ccc(OC)c(OC)c3)S2)cc1. The van der Waals surface area contributed by atoms with E-state index in [2.05, 4.69) is 10.3 Å². The molecule has 7 heteroatoms. The smallest absolute Gasteiger partial charge is 0.264 e. The van der Waals surface area contributed by atoms with Gasteiger partial charge >= 0.3 is 0 Å².